The minimum absolute atomic E-state index is 0.0112. The molecule has 25 heteroatoms. The number of nitrogens with zero attached hydrogens (tertiary/aromatic N) is 6. The van der Waals surface area contributed by atoms with E-state index in [4.69, 9.17) is 34.3 Å². The fraction of sp³-hybridized carbons (Fsp3) is 0.227. The van der Waals surface area contributed by atoms with Gasteiger partial charge in [-0.25, -0.2) is 38.2 Å². The summed E-state index contributed by atoms with van der Waals surface area (Å²) in [4.78, 5) is 83.4. The highest BCUT2D eigenvalue weighted by Gasteiger charge is 2.52. The van der Waals surface area contributed by atoms with Crippen molar-refractivity contribution in [3.8, 4) is 0 Å². The molecule has 4 aromatic heterocycles. The van der Waals surface area contributed by atoms with E-state index in [0.29, 0.717) is 0 Å². The number of aromatic nitrogens is 6. The van der Waals surface area contributed by atoms with Gasteiger partial charge in [0.15, 0.2) is 29.9 Å². The summed E-state index contributed by atoms with van der Waals surface area (Å²) >= 11 is 0. The van der Waals surface area contributed by atoms with E-state index in [-0.39, 0.29) is 28.1 Å². The molecule has 0 saturated carbocycles. The number of rotatable bonds is 12. The number of anilines is 1. The third-order valence-corrected chi connectivity index (χ3v) is 9.89. The standard InChI is InChI=1S/C22H22N7O15P3/c23-18-15-19(27-10-26-18)29(11-28-15)20-17(42-22(31)13-3-7-25-8-4-13)16(41-21(30)12-1-5-24-6-2-12)14(40-20)9-39-46(35,36)44-47(37,38)43-45(32,33)34/h1-8,10-11,14,16-17,20H,9H2,(H,35,36)(H,37,38)(H2,23,26,27)(H2,32,33,34)/t14-,16-,17-,20-/m1/s1. The molecule has 6 atom stereocenters. The van der Waals surface area contributed by atoms with E-state index in [9.17, 15) is 33.1 Å². The summed E-state index contributed by atoms with van der Waals surface area (Å²) < 4.78 is 66.3. The van der Waals surface area contributed by atoms with Crippen LogP contribution < -0.4 is 5.73 Å². The number of hydrogen-bond donors (Lipinski definition) is 5. The van der Waals surface area contributed by atoms with Crippen LogP contribution in [0.3, 0.4) is 0 Å². The lowest BCUT2D eigenvalue weighted by Crippen LogP contribution is -2.41. The largest absolute Gasteiger partial charge is 0.490 e. The number of phosphoric ester groups is 1. The summed E-state index contributed by atoms with van der Waals surface area (Å²) in [7, 11) is -17.2. The van der Waals surface area contributed by atoms with Crippen LogP contribution in [0, 0.1) is 0 Å². The average Bonchev–Trinajstić information content (AvgIpc) is 3.57. The topological polar surface area (TPSA) is 317 Å². The Morgan fingerprint density at radius 1 is 0.830 bits per heavy atom. The van der Waals surface area contributed by atoms with Crippen LogP contribution in [-0.4, -0.2) is 85.9 Å². The second-order valence-electron chi connectivity index (χ2n) is 9.25. The Labute approximate surface area is 261 Å². The van der Waals surface area contributed by atoms with Crippen LogP contribution >= 0.6 is 23.5 Å². The van der Waals surface area contributed by atoms with Gasteiger partial charge < -0.3 is 39.5 Å². The second kappa shape index (κ2) is 13.6. The number of fused-ring (bicyclic) bond motifs is 1. The zero-order valence-corrected chi connectivity index (χ0v) is 25.9. The minimum atomic E-state index is -5.87. The molecule has 5 heterocycles. The third kappa shape index (κ3) is 8.47. The number of carbonyl (C=O) groups excluding carboxylic acids is 2. The lowest BCUT2D eigenvalue weighted by Gasteiger charge is -2.25. The van der Waals surface area contributed by atoms with Crippen LogP contribution in [0.5, 0.6) is 0 Å². The van der Waals surface area contributed by atoms with E-state index in [1.807, 2.05) is 0 Å². The van der Waals surface area contributed by atoms with Crippen molar-refractivity contribution in [2.24, 2.45) is 0 Å². The molecule has 1 saturated heterocycles. The summed E-state index contributed by atoms with van der Waals surface area (Å²) in [5.74, 6) is -1.96. The Bertz CT molecular complexity index is 1910. The number of pyridine rings is 2. The van der Waals surface area contributed by atoms with Gasteiger partial charge in [0, 0.05) is 24.8 Å². The van der Waals surface area contributed by atoms with E-state index in [1.165, 1.54) is 59.9 Å². The molecule has 250 valence electrons. The number of imidazole rings is 1. The minimum Gasteiger partial charge on any atom is -0.452 e. The Morgan fingerprint density at radius 2 is 1.40 bits per heavy atom. The quantitative estimate of drug-likeness (QED) is 0.100. The average molecular weight is 717 g/mol. The van der Waals surface area contributed by atoms with Crippen LogP contribution in [0.15, 0.2) is 61.7 Å². The summed E-state index contributed by atoms with van der Waals surface area (Å²) in [6.07, 6.45) is 1.20. The maximum atomic E-state index is 13.2. The van der Waals surface area contributed by atoms with Crippen molar-refractivity contribution >= 4 is 52.4 Å². The maximum absolute atomic E-state index is 13.2. The van der Waals surface area contributed by atoms with E-state index in [0.717, 1.165) is 6.33 Å². The summed E-state index contributed by atoms with van der Waals surface area (Å²) in [6, 6.07) is 5.27. The van der Waals surface area contributed by atoms with Crippen LogP contribution in [0.4, 0.5) is 5.82 Å². The first-order chi connectivity index (χ1) is 22.1. The first kappa shape index (κ1) is 34.3. The van der Waals surface area contributed by atoms with E-state index < -0.39 is 66.6 Å². The number of ether oxygens (including phenoxy) is 3. The molecular weight excluding hydrogens is 695 g/mol. The molecule has 0 spiro atoms. The Hall–Kier alpha value is -4.04. The highest BCUT2D eigenvalue weighted by atomic mass is 31.3. The number of nitrogen functional groups attached to an aromatic ring is 1. The van der Waals surface area contributed by atoms with Crippen molar-refractivity contribution in [3.63, 3.8) is 0 Å². The Balaban J connectivity index is 1.51. The maximum Gasteiger partial charge on any atom is 0.490 e. The summed E-state index contributed by atoms with van der Waals surface area (Å²) in [6.45, 7) is -1.08. The van der Waals surface area contributed by atoms with Gasteiger partial charge in [-0.15, -0.1) is 0 Å². The van der Waals surface area contributed by atoms with Gasteiger partial charge in [-0.2, -0.15) is 8.62 Å². The molecule has 0 aliphatic carbocycles. The molecule has 2 unspecified atom stereocenters. The number of phosphoric acid groups is 3. The first-order valence-corrected chi connectivity index (χ1v) is 17.2. The van der Waals surface area contributed by atoms with Crippen LogP contribution in [0.1, 0.15) is 26.9 Å². The molecule has 1 aliphatic rings. The van der Waals surface area contributed by atoms with Crippen molar-refractivity contribution < 1.29 is 70.2 Å². The second-order valence-corrected chi connectivity index (χ2v) is 13.7. The summed E-state index contributed by atoms with van der Waals surface area (Å²) in [5, 5.41) is 0. The van der Waals surface area contributed by atoms with Gasteiger partial charge in [-0.3, -0.25) is 19.1 Å². The van der Waals surface area contributed by atoms with E-state index in [1.54, 1.807) is 0 Å². The molecule has 0 radical (unpaired) electrons. The lowest BCUT2D eigenvalue weighted by atomic mass is 10.1. The highest BCUT2D eigenvalue weighted by Crippen LogP contribution is 2.66. The fourth-order valence-electron chi connectivity index (χ4n) is 4.22. The van der Waals surface area contributed by atoms with Gasteiger partial charge in [0.25, 0.3) is 0 Å². The van der Waals surface area contributed by atoms with E-state index in [2.05, 4.69) is 33.5 Å². The van der Waals surface area contributed by atoms with Crippen molar-refractivity contribution in [1.29, 1.82) is 0 Å². The monoisotopic (exact) mass is 717 g/mol. The number of carbonyl (C=O) groups is 2. The smallest absolute Gasteiger partial charge is 0.452 e. The Kier molecular flexibility index (Phi) is 9.92. The Morgan fingerprint density at radius 3 is 1.98 bits per heavy atom. The number of hydrogen-bond acceptors (Lipinski definition) is 17. The lowest BCUT2D eigenvalue weighted by molar-refractivity contribution is -0.0559. The molecule has 4 aromatic rings. The van der Waals surface area contributed by atoms with Gasteiger partial charge >= 0.3 is 35.4 Å². The third-order valence-electron chi connectivity index (χ3n) is 6.08. The molecule has 0 bridgehead atoms. The predicted molar refractivity (Wildman–Crippen MR) is 150 cm³/mol. The molecular formula is C22H22N7O15P3. The van der Waals surface area contributed by atoms with E-state index >= 15 is 0 Å². The molecule has 0 aromatic carbocycles. The fourth-order valence-corrected chi connectivity index (χ4v) is 7.25. The van der Waals surface area contributed by atoms with Crippen molar-refractivity contribution in [1.82, 2.24) is 29.5 Å². The molecule has 6 N–H and O–H groups in total. The van der Waals surface area contributed by atoms with Crippen LogP contribution in [-0.2, 0) is 41.1 Å². The van der Waals surface area contributed by atoms with Crippen LogP contribution in [0.25, 0.3) is 11.2 Å². The molecule has 5 rings (SSSR count). The molecule has 1 fully saturated rings. The van der Waals surface area contributed by atoms with Crippen molar-refractivity contribution in [2.45, 2.75) is 24.5 Å². The van der Waals surface area contributed by atoms with Gasteiger partial charge in [-0.1, -0.05) is 0 Å². The normalized spacial score (nSPS) is 22.3. The highest BCUT2D eigenvalue weighted by molar-refractivity contribution is 7.66. The van der Waals surface area contributed by atoms with Gasteiger partial charge in [0.05, 0.1) is 24.1 Å². The molecule has 47 heavy (non-hydrogen) atoms. The van der Waals surface area contributed by atoms with Gasteiger partial charge in [-0.05, 0) is 24.3 Å². The number of esters is 2. The van der Waals surface area contributed by atoms with Crippen LogP contribution in [0.2, 0.25) is 0 Å². The molecule has 0 amide bonds. The summed E-state index contributed by atoms with van der Waals surface area (Å²) in [5.41, 5.74) is 6.09. The molecule has 22 nitrogen and oxygen atoms in total. The van der Waals surface area contributed by atoms with Crippen molar-refractivity contribution in [3.05, 3.63) is 72.8 Å². The zero-order chi connectivity index (χ0) is 34.0. The zero-order valence-electron chi connectivity index (χ0n) is 23.2. The number of nitrogens with two attached hydrogens (primary N) is 1. The predicted octanol–water partition coefficient (Wildman–Crippen LogP) is 0.890. The van der Waals surface area contributed by atoms with Crippen molar-refractivity contribution in [2.75, 3.05) is 12.3 Å². The van der Waals surface area contributed by atoms with Gasteiger partial charge in [0.1, 0.15) is 17.9 Å². The first-order valence-electron chi connectivity index (χ1n) is 12.7. The molecule has 1 aliphatic heterocycles. The SMILES string of the molecule is Nc1ncnc2c1ncn2[C@@H]1O[C@H](COP(=O)(O)OP(=O)(O)OP(=O)(O)O)[C@@H](OC(=O)c2ccncc2)[C@H]1OC(=O)c1ccncc1. The van der Waals surface area contributed by atoms with Gasteiger partial charge in [0.2, 0.25) is 0 Å².